The van der Waals surface area contributed by atoms with Gasteiger partial charge in [-0.25, -0.2) is 4.98 Å². The first-order chi connectivity index (χ1) is 7.74. The van der Waals surface area contributed by atoms with Crippen molar-refractivity contribution in [2.75, 3.05) is 13.1 Å². The summed E-state index contributed by atoms with van der Waals surface area (Å²) in [5, 5.41) is 3.37. The van der Waals surface area contributed by atoms with Gasteiger partial charge < -0.3 is 10.3 Å². The summed E-state index contributed by atoms with van der Waals surface area (Å²) < 4.78 is 1.11. The lowest BCUT2D eigenvalue weighted by molar-refractivity contribution is 0.717. The Balaban J connectivity index is 2.11. The van der Waals surface area contributed by atoms with Gasteiger partial charge in [-0.05, 0) is 37.6 Å². The van der Waals surface area contributed by atoms with Gasteiger partial charge in [0.05, 0.1) is 11.0 Å². The fraction of sp³-hybridized carbons (Fsp3) is 0.417. The fourth-order valence-electron chi connectivity index (χ4n) is 2.35. The number of rotatable bonds is 1. The average molecular weight is 280 g/mol. The zero-order valence-corrected chi connectivity index (χ0v) is 10.8. The number of halogens is 1. The van der Waals surface area contributed by atoms with Gasteiger partial charge in [-0.2, -0.15) is 0 Å². The van der Waals surface area contributed by atoms with Gasteiger partial charge in [0.1, 0.15) is 5.82 Å². The van der Waals surface area contributed by atoms with Crippen LogP contribution < -0.4 is 5.32 Å². The molecule has 3 rings (SSSR count). The Morgan fingerprint density at radius 3 is 3.06 bits per heavy atom. The molecule has 1 unspecified atom stereocenters. The van der Waals surface area contributed by atoms with Crippen molar-refractivity contribution in [3.8, 4) is 0 Å². The maximum absolute atomic E-state index is 4.72. The summed E-state index contributed by atoms with van der Waals surface area (Å²) in [4.78, 5) is 8.16. The van der Waals surface area contributed by atoms with Crippen molar-refractivity contribution in [1.82, 2.24) is 15.3 Å². The van der Waals surface area contributed by atoms with E-state index < -0.39 is 0 Å². The third-order valence-corrected chi connectivity index (χ3v) is 3.67. The SMILES string of the molecule is Cc1cc(Br)cc2[nH]c(C3CCNC3)nc12. The van der Waals surface area contributed by atoms with Crippen molar-refractivity contribution < 1.29 is 0 Å². The maximum atomic E-state index is 4.72. The molecule has 2 N–H and O–H groups in total. The summed E-state index contributed by atoms with van der Waals surface area (Å²) in [6.45, 7) is 4.25. The number of benzene rings is 1. The number of nitrogens with zero attached hydrogens (tertiary/aromatic N) is 1. The summed E-state index contributed by atoms with van der Waals surface area (Å²) in [6, 6.07) is 4.21. The van der Waals surface area contributed by atoms with Crippen molar-refractivity contribution in [2.24, 2.45) is 0 Å². The first-order valence-corrected chi connectivity index (χ1v) is 6.40. The van der Waals surface area contributed by atoms with Crippen LogP contribution >= 0.6 is 15.9 Å². The van der Waals surface area contributed by atoms with Crippen LogP contribution in [-0.4, -0.2) is 23.1 Å². The van der Waals surface area contributed by atoms with Crippen LogP contribution in [-0.2, 0) is 0 Å². The van der Waals surface area contributed by atoms with E-state index in [1.165, 1.54) is 12.0 Å². The van der Waals surface area contributed by atoms with Gasteiger partial charge in [0.15, 0.2) is 0 Å². The molecule has 1 atom stereocenters. The van der Waals surface area contributed by atoms with Gasteiger partial charge >= 0.3 is 0 Å². The van der Waals surface area contributed by atoms with E-state index in [9.17, 15) is 0 Å². The van der Waals surface area contributed by atoms with Crippen LogP contribution in [0.3, 0.4) is 0 Å². The Labute approximate surface area is 103 Å². The summed E-state index contributed by atoms with van der Waals surface area (Å²) >= 11 is 3.52. The highest BCUT2D eigenvalue weighted by Crippen LogP contribution is 2.26. The Hall–Kier alpha value is -0.870. The number of imidazole rings is 1. The monoisotopic (exact) mass is 279 g/mol. The molecule has 84 valence electrons. The van der Waals surface area contributed by atoms with Gasteiger partial charge in [0.2, 0.25) is 0 Å². The molecule has 0 spiro atoms. The second-order valence-corrected chi connectivity index (χ2v) is 5.35. The topological polar surface area (TPSA) is 40.7 Å². The second kappa shape index (κ2) is 3.86. The van der Waals surface area contributed by atoms with Crippen molar-refractivity contribution in [1.29, 1.82) is 0 Å². The molecule has 1 aromatic heterocycles. The fourth-order valence-corrected chi connectivity index (χ4v) is 2.92. The number of nitrogens with one attached hydrogen (secondary N) is 2. The van der Waals surface area contributed by atoms with Gasteiger partial charge in [0, 0.05) is 16.9 Å². The normalized spacial score (nSPS) is 20.8. The number of aryl methyl sites for hydroxylation is 1. The largest absolute Gasteiger partial charge is 0.342 e. The Kier molecular flexibility index (Phi) is 2.48. The number of hydrogen-bond acceptors (Lipinski definition) is 2. The predicted octanol–water partition coefficient (Wildman–Crippen LogP) is 2.71. The molecule has 16 heavy (non-hydrogen) atoms. The molecule has 4 heteroatoms. The summed E-state index contributed by atoms with van der Waals surface area (Å²) in [6.07, 6.45) is 1.18. The van der Waals surface area contributed by atoms with E-state index in [1.807, 2.05) is 0 Å². The van der Waals surface area contributed by atoms with Crippen LogP contribution in [0.5, 0.6) is 0 Å². The average Bonchev–Trinajstić information content (AvgIpc) is 2.82. The highest BCUT2D eigenvalue weighted by atomic mass is 79.9. The molecule has 1 aliphatic rings. The van der Waals surface area contributed by atoms with E-state index in [4.69, 9.17) is 4.98 Å². The molecule has 0 aliphatic carbocycles. The Bertz CT molecular complexity index is 526. The molecular formula is C12H14BrN3. The quantitative estimate of drug-likeness (QED) is 0.843. The van der Waals surface area contributed by atoms with Gasteiger partial charge in [-0.1, -0.05) is 15.9 Å². The molecule has 2 heterocycles. The smallest absolute Gasteiger partial charge is 0.111 e. The van der Waals surface area contributed by atoms with Gasteiger partial charge in [-0.3, -0.25) is 0 Å². The molecule has 1 fully saturated rings. The molecule has 0 radical (unpaired) electrons. The third kappa shape index (κ3) is 1.66. The minimum Gasteiger partial charge on any atom is -0.342 e. The summed E-state index contributed by atoms with van der Waals surface area (Å²) in [5.41, 5.74) is 3.46. The van der Waals surface area contributed by atoms with Gasteiger partial charge in [0.25, 0.3) is 0 Å². The molecule has 1 saturated heterocycles. The Morgan fingerprint density at radius 1 is 1.44 bits per heavy atom. The molecule has 0 amide bonds. The number of aromatic amines is 1. The van der Waals surface area contributed by atoms with E-state index in [0.717, 1.165) is 34.4 Å². The van der Waals surface area contributed by atoms with E-state index in [1.54, 1.807) is 0 Å². The standard InChI is InChI=1S/C12H14BrN3/c1-7-4-9(13)5-10-11(7)16-12(15-10)8-2-3-14-6-8/h4-5,8,14H,2-3,6H2,1H3,(H,15,16). The molecule has 2 aromatic rings. The summed E-state index contributed by atoms with van der Waals surface area (Å²) in [5.74, 6) is 1.67. The minimum atomic E-state index is 0.547. The van der Waals surface area contributed by atoms with Crippen LogP contribution in [0.2, 0.25) is 0 Å². The minimum absolute atomic E-state index is 0.547. The second-order valence-electron chi connectivity index (χ2n) is 4.43. The van der Waals surface area contributed by atoms with E-state index in [2.05, 4.69) is 45.3 Å². The molecule has 0 bridgehead atoms. The highest BCUT2D eigenvalue weighted by molar-refractivity contribution is 9.10. The van der Waals surface area contributed by atoms with Gasteiger partial charge in [-0.15, -0.1) is 0 Å². The highest BCUT2D eigenvalue weighted by Gasteiger charge is 2.20. The molecular weight excluding hydrogens is 266 g/mol. The predicted molar refractivity (Wildman–Crippen MR) is 68.8 cm³/mol. The lowest BCUT2D eigenvalue weighted by Crippen LogP contribution is -2.08. The number of hydrogen-bond donors (Lipinski definition) is 2. The van der Waals surface area contributed by atoms with Crippen LogP contribution in [0, 0.1) is 6.92 Å². The van der Waals surface area contributed by atoms with Crippen LogP contribution in [0.4, 0.5) is 0 Å². The third-order valence-electron chi connectivity index (χ3n) is 3.21. The van der Waals surface area contributed by atoms with E-state index in [-0.39, 0.29) is 0 Å². The lowest BCUT2D eigenvalue weighted by Gasteiger charge is -2.01. The summed E-state index contributed by atoms with van der Waals surface area (Å²) in [7, 11) is 0. The number of aromatic nitrogens is 2. The lowest BCUT2D eigenvalue weighted by atomic mass is 10.1. The van der Waals surface area contributed by atoms with Crippen molar-refractivity contribution >= 4 is 27.0 Å². The first kappa shape index (κ1) is 10.3. The molecule has 1 aromatic carbocycles. The number of fused-ring (bicyclic) bond motifs is 1. The van der Waals surface area contributed by atoms with E-state index in [0.29, 0.717) is 5.92 Å². The van der Waals surface area contributed by atoms with Crippen LogP contribution in [0.25, 0.3) is 11.0 Å². The van der Waals surface area contributed by atoms with Crippen molar-refractivity contribution in [3.63, 3.8) is 0 Å². The zero-order chi connectivity index (χ0) is 11.1. The maximum Gasteiger partial charge on any atom is 0.111 e. The van der Waals surface area contributed by atoms with Crippen LogP contribution in [0.1, 0.15) is 23.7 Å². The number of H-pyrrole nitrogens is 1. The van der Waals surface area contributed by atoms with Crippen molar-refractivity contribution in [3.05, 3.63) is 28.0 Å². The van der Waals surface area contributed by atoms with E-state index >= 15 is 0 Å². The first-order valence-electron chi connectivity index (χ1n) is 5.60. The molecule has 1 aliphatic heterocycles. The van der Waals surface area contributed by atoms with Crippen molar-refractivity contribution in [2.45, 2.75) is 19.3 Å². The molecule has 3 nitrogen and oxygen atoms in total. The molecule has 0 saturated carbocycles. The van der Waals surface area contributed by atoms with Crippen LogP contribution in [0.15, 0.2) is 16.6 Å². The zero-order valence-electron chi connectivity index (χ0n) is 9.18. The Morgan fingerprint density at radius 2 is 2.31 bits per heavy atom.